The van der Waals surface area contributed by atoms with Crippen LogP contribution in [0.1, 0.15) is 40.5 Å². The number of carbonyl (C=O) groups excluding carboxylic acids is 2. The minimum atomic E-state index is 0.0655. The van der Waals surface area contributed by atoms with Crippen LogP contribution in [-0.2, 0) is 9.59 Å². The largest absolute Gasteiger partial charge is 0.355 e. The third kappa shape index (κ3) is 7.74. The lowest BCUT2D eigenvalue weighted by atomic mass is 9.91. The summed E-state index contributed by atoms with van der Waals surface area (Å²) in [5.74, 6) is 0.440. The molecule has 0 aromatic heterocycles. The summed E-state index contributed by atoms with van der Waals surface area (Å²) in [7, 11) is 4.11. The summed E-state index contributed by atoms with van der Waals surface area (Å²) in [6.45, 7) is 13.7. The van der Waals surface area contributed by atoms with E-state index in [2.05, 4.69) is 43.1 Å². The molecular weight excluding hydrogens is 316 g/mol. The summed E-state index contributed by atoms with van der Waals surface area (Å²) in [4.78, 5) is 30.8. The van der Waals surface area contributed by atoms with Crippen molar-refractivity contribution in [3.8, 4) is 0 Å². The van der Waals surface area contributed by atoms with E-state index in [1.807, 2.05) is 18.7 Å². The molecule has 6 nitrogen and oxygen atoms in total. The van der Waals surface area contributed by atoms with E-state index in [1.165, 1.54) is 0 Å². The number of nitrogens with zero attached hydrogens (tertiary/aromatic N) is 3. The Kier molecular flexibility index (Phi) is 8.86. The summed E-state index contributed by atoms with van der Waals surface area (Å²) < 4.78 is 0. The Labute approximate surface area is 153 Å². The van der Waals surface area contributed by atoms with Gasteiger partial charge in [0.15, 0.2) is 0 Å². The maximum absolute atomic E-state index is 12.4. The van der Waals surface area contributed by atoms with Gasteiger partial charge in [0.25, 0.3) is 0 Å². The number of hydrogen-bond donors (Lipinski definition) is 1. The van der Waals surface area contributed by atoms with E-state index in [9.17, 15) is 9.59 Å². The van der Waals surface area contributed by atoms with Crippen LogP contribution < -0.4 is 5.32 Å². The van der Waals surface area contributed by atoms with Crippen LogP contribution in [0.3, 0.4) is 0 Å². The third-order valence-electron chi connectivity index (χ3n) is 4.92. The van der Waals surface area contributed by atoms with Gasteiger partial charge in [-0.25, -0.2) is 0 Å². The second-order valence-corrected chi connectivity index (χ2v) is 8.24. The number of amides is 2. The molecule has 1 rings (SSSR count). The maximum Gasteiger partial charge on any atom is 0.236 e. The van der Waals surface area contributed by atoms with E-state index in [-0.39, 0.29) is 23.1 Å². The van der Waals surface area contributed by atoms with Crippen molar-refractivity contribution in [3.63, 3.8) is 0 Å². The highest BCUT2D eigenvalue weighted by molar-refractivity contribution is 5.79. The van der Waals surface area contributed by atoms with Gasteiger partial charge in [-0.3, -0.25) is 14.5 Å². The van der Waals surface area contributed by atoms with Gasteiger partial charge in [0.05, 0.1) is 6.54 Å². The minimum Gasteiger partial charge on any atom is -0.355 e. The van der Waals surface area contributed by atoms with Crippen molar-refractivity contribution in [2.45, 2.75) is 40.5 Å². The highest BCUT2D eigenvalue weighted by atomic mass is 16.2. The Balaban J connectivity index is 2.36. The van der Waals surface area contributed by atoms with Gasteiger partial charge < -0.3 is 15.1 Å². The zero-order chi connectivity index (χ0) is 19.0. The van der Waals surface area contributed by atoms with Gasteiger partial charge in [-0.1, -0.05) is 13.8 Å². The standard InChI is InChI=1S/C19H38N4O2/c1-7-23(8-2)17(24)13-22-11-9-16(10-12-22)18(25)20-14-19(3,4)15-21(5)6/h16H,7-15H2,1-6H3,(H,20,25). The van der Waals surface area contributed by atoms with Gasteiger partial charge in [-0.2, -0.15) is 0 Å². The summed E-state index contributed by atoms with van der Waals surface area (Å²) in [6.07, 6.45) is 1.68. The molecule has 0 aromatic rings. The molecule has 2 amide bonds. The van der Waals surface area contributed by atoms with E-state index in [4.69, 9.17) is 0 Å². The van der Waals surface area contributed by atoms with Gasteiger partial charge in [0.1, 0.15) is 0 Å². The van der Waals surface area contributed by atoms with E-state index >= 15 is 0 Å². The number of piperidine rings is 1. The lowest BCUT2D eigenvalue weighted by Gasteiger charge is -2.33. The van der Waals surface area contributed by atoms with Crippen LogP contribution in [0.5, 0.6) is 0 Å². The molecular formula is C19H38N4O2. The lowest BCUT2D eigenvalue weighted by Crippen LogP contribution is -2.47. The molecule has 1 heterocycles. The normalized spacial score (nSPS) is 16.9. The summed E-state index contributed by atoms with van der Waals surface area (Å²) in [5, 5.41) is 3.13. The zero-order valence-corrected chi connectivity index (χ0v) is 17.1. The highest BCUT2D eigenvalue weighted by Gasteiger charge is 2.28. The van der Waals surface area contributed by atoms with E-state index in [1.54, 1.807) is 0 Å². The number of carbonyl (C=O) groups is 2. The van der Waals surface area contributed by atoms with Crippen molar-refractivity contribution < 1.29 is 9.59 Å². The van der Waals surface area contributed by atoms with Crippen LogP contribution in [0.2, 0.25) is 0 Å². The van der Waals surface area contributed by atoms with Crippen molar-refractivity contribution in [3.05, 3.63) is 0 Å². The highest BCUT2D eigenvalue weighted by Crippen LogP contribution is 2.19. The van der Waals surface area contributed by atoms with Gasteiger partial charge in [0.2, 0.25) is 11.8 Å². The minimum absolute atomic E-state index is 0.0655. The molecule has 0 radical (unpaired) electrons. The Bertz CT molecular complexity index is 425. The fraction of sp³-hybridized carbons (Fsp3) is 0.895. The monoisotopic (exact) mass is 354 g/mol. The summed E-state index contributed by atoms with van der Waals surface area (Å²) in [5.41, 5.74) is 0.0655. The Hall–Kier alpha value is -1.14. The molecule has 6 heteroatoms. The van der Waals surface area contributed by atoms with Gasteiger partial charge in [-0.15, -0.1) is 0 Å². The lowest BCUT2D eigenvalue weighted by molar-refractivity contribution is -0.132. The number of likely N-dealkylation sites (tertiary alicyclic amines) is 1. The van der Waals surface area contributed by atoms with Crippen molar-refractivity contribution in [2.75, 3.05) is 59.9 Å². The van der Waals surface area contributed by atoms with Crippen LogP contribution in [0.25, 0.3) is 0 Å². The average Bonchev–Trinajstić information content (AvgIpc) is 2.53. The number of rotatable bonds is 9. The number of hydrogen-bond acceptors (Lipinski definition) is 4. The third-order valence-corrected chi connectivity index (χ3v) is 4.92. The first kappa shape index (κ1) is 21.9. The average molecular weight is 355 g/mol. The number of likely N-dealkylation sites (N-methyl/N-ethyl adjacent to an activating group) is 1. The molecule has 1 N–H and O–H groups in total. The summed E-state index contributed by atoms with van der Waals surface area (Å²) in [6, 6.07) is 0. The van der Waals surface area contributed by atoms with Crippen LogP contribution in [0.4, 0.5) is 0 Å². The number of nitrogens with one attached hydrogen (secondary N) is 1. The molecule has 1 fully saturated rings. The van der Waals surface area contributed by atoms with E-state index in [0.29, 0.717) is 13.1 Å². The molecule has 0 saturated carbocycles. The molecule has 0 aromatic carbocycles. The van der Waals surface area contributed by atoms with E-state index < -0.39 is 0 Å². The molecule has 0 aliphatic carbocycles. The molecule has 1 saturated heterocycles. The van der Waals surface area contributed by atoms with Crippen molar-refractivity contribution in [1.29, 1.82) is 0 Å². The zero-order valence-electron chi connectivity index (χ0n) is 17.1. The fourth-order valence-corrected chi connectivity index (χ4v) is 3.60. The predicted molar refractivity (Wildman–Crippen MR) is 102 cm³/mol. The maximum atomic E-state index is 12.4. The second-order valence-electron chi connectivity index (χ2n) is 8.24. The van der Waals surface area contributed by atoms with Gasteiger partial charge in [-0.05, 0) is 59.3 Å². The van der Waals surface area contributed by atoms with Crippen LogP contribution in [0, 0.1) is 11.3 Å². The molecule has 0 unspecified atom stereocenters. The Morgan fingerprint density at radius 1 is 1.12 bits per heavy atom. The molecule has 0 bridgehead atoms. The molecule has 1 aliphatic heterocycles. The topological polar surface area (TPSA) is 55.9 Å². The first-order valence-electron chi connectivity index (χ1n) is 9.61. The van der Waals surface area contributed by atoms with Gasteiger partial charge in [0, 0.05) is 32.1 Å². The molecule has 1 aliphatic rings. The van der Waals surface area contributed by atoms with E-state index in [0.717, 1.165) is 45.6 Å². The first-order chi connectivity index (χ1) is 11.7. The van der Waals surface area contributed by atoms with Crippen molar-refractivity contribution in [2.24, 2.45) is 11.3 Å². The SMILES string of the molecule is CCN(CC)C(=O)CN1CCC(C(=O)NCC(C)(C)CN(C)C)CC1. The van der Waals surface area contributed by atoms with Crippen LogP contribution in [0.15, 0.2) is 0 Å². The predicted octanol–water partition coefficient (Wildman–Crippen LogP) is 1.27. The van der Waals surface area contributed by atoms with Crippen LogP contribution in [-0.4, -0.2) is 86.4 Å². The molecule has 0 atom stereocenters. The Morgan fingerprint density at radius 2 is 1.68 bits per heavy atom. The van der Waals surface area contributed by atoms with Crippen molar-refractivity contribution >= 4 is 11.8 Å². The molecule has 0 spiro atoms. The molecule has 146 valence electrons. The summed E-state index contributed by atoms with van der Waals surface area (Å²) >= 11 is 0. The Morgan fingerprint density at radius 3 is 2.16 bits per heavy atom. The van der Waals surface area contributed by atoms with Crippen molar-refractivity contribution in [1.82, 2.24) is 20.0 Å². The second kappa shape index (κ2) is 10.1. The van der Waals surface area contributed by atoms with Crippen LogP contribution >= 0.6 is 0 Å². The molecule has 25 heavy (non-hydrogen) atoms. The quantitative estimate of drug-likeness (QED) is 0.677. The van der Waals surface area contributed by atoms with Gasteiger partial charge >= 0.3 is 0 Å². The smallest absolute Gasteiger partial charge is 0.236 e. The first-order valence-corrected chi connectivity index (χ1v) is 9.61. The fourth-order valence-electron chi connectivity index (χ4n) is 3.60.